The van der Waals surface area contributed by atoms with Crippen molar-refractivity contribution in [3.05, 3.63) is 39.9 Å². The third-order valence-corrected chi connectivity index (χ3v) is 2.82. The molecule has 1 aliphatic rings. The molecule has 0 atom stereocenters. The Morgan fingerprint density at radius 3 is 2.63 bits per heavy atom. The van der Waals surface area contributed by atoms with Gasteiger partial charge in [-0.1, -0.05) is 15.9 Å². The number of halogens is 1. The van der Waals surface area contributed by atoms with Crippen molar-refractivity contribution in [2.24, 2.45) is 0 Å². The fourth-order valence-corrected chi connectivity index (χ4v) is 2.02. The molecule has 0 bridgehead atoms. The molecule has 0 saturated heterocycles. The Bertz CT molecular complexity index is 582. The largest absolute Gasteiger partial charge is 0.457 e. The first-order valence-electron chi connectivity index (χ1n) is 5.73. The van der Waals surface area contributed by atoms with E-state index in [9.17, 15) is 9.59 Å². The van der Waals surface area contributed by atoms with Crippen molar-refractivity contribution in [2.75, 3.05) is 0 Å². The molecule has 0 aliphatic carbocycles. The Morgan fingerprint density at radius 2 is 2.00 bits per heavy atom. The first-order valence-corrected chi connectivity index (χ1v) is 6.52. The first-order chi connectivity index (χ1) is 8.76. The highest BCUT2D eigenvalue weighted by Gasteiger charge is 2.28. The zero-order valence-corrected chi connectivity index (χ0v) is 12.4. The van der Waals surface area contributed by atoms with Crippen LogP contribution in [-0.2, 0) is 14.3 Å². The average Bonchev–Trinajstić information content (AvgIpc) is 2.52. The van der Waals surface area contributed by atoms with Gasteiger partial charge in [-0.05, 0) is 39.0 Å². The van der Waals surface area contributed by atoms with Gasteiger partial charge in [0.25, 0.3) is 0 Å². The van der Waals surface area contributed by atoms with Crippen molar-refractivity contribution >= 4 is 33.6 Å². The number of carbonyl (C=O) groups is 2. The van der Waals surface area contributed by atoms with Gasteiger partial charge < -0.3 is 9.47 Å². The summed E-state index contributed by atoms with van der Waals surface area (Å²) < 4.78 is 11.0. The van der Waals surface area contributed by atoms with E-state index in [-0.39, 0.29) is 5.76 Å². The fraction of sp³-hybridized carbons (Fsp3) is 0.286. The van der Waals surface area contributed by atoms with Crippen LogP contribution in [0.15, 0.2) is 28.7 Å². The van der Waals surface area contributed by atoms with Crippen LogP contribution in [0.25, 0.3) is 5.76 Å². The van der Waals surface area contributed by atoms with E-state index in [2.05, 4.69) is 15.9 Å². The predicted octanol–water partition coefficient (Wildman–Crippen LogP) is 3.30. The molecule has 0 radical (unpaired) electrons. The normalized spacial score (nSPS) is 16.2. The molecule has 2 rings (SSSR count). The SMILES string of the molecule is CC(C)(C)OC(=O)/C=C1/OC(=O)c2cc(Br)ccc21. The number of esters is 2. The van der Waals surface area contributed by atoms with E-state index in [0.29, 0.717) is 11.1 Å². The molecule has 0 fully saturated rings. The second kappa shape index (κ2) is 4.81. The molecular formula is C14H13BrO4. The summed E-state index contributed by atoms with van der Waals surface area (Å²) in [5.41, 5.74) is 0.447. The van der Waals surface area contributed by atoms with Crippen LogP contribution in [-0.4, -0.2) is 17.5 Å². The number of hydrogen-bond donors (Lipinski definition) is 0. The minimum atomic E-state index is -0.584. The number of cyclic esters (lactones) is 1. The second-order valence-corrected chi connectivity index (χ2v) is 6.04. The summed E-state index contributed by atoms with van der Waals surface area (Å²) in [4.78, 5) is 23.4. The summed E-state index contributed by atoms with van der Waals surface area (Å²) in [6, 6.07) is 5.16. The summed E-state index contributed by atoms with van der Waals surface area (Å²) in [5, 5.41) is 0. The molecule has 0 saturated carbocycles. The van der Waals surface area contributed by atoms with Crippen LogP contribution in [0.1, 0.15) is 36.7 Å². The highest BCUT2D eigenvalue weighted by molar-refractivity contribution is 9.10. The van der Waals surface area contributed by atoms with Gasteiger partial charge in [0.1, 0.15) is 11.4 Å². The van der Waals surface area contributed by atoms with Crippen molar-refractivity contribution in [1.82, 2.24) is 0 Å². The van der Waals surface area contributed by atoms with Gasteiger partial charge in [-0.25, -0.2) is 9.59 Å². The molecule has 1 aliphatic heterocycles. The summed E-state index contributed by atoms with van der Waals surface area (Å²) in [7, 11) is 0. The van der Waals surface area contributed by atoms with Crippen LogP contribution in [0.4, 0.5) is 0 Å². The minimum Gasteiger partial charge on any atom is -0.457 e. The van der Waals surface area contributed by atoms with E-state index in [1.807, 2.05) is 0 Å². The molecule has 1 aromatic rings. The summed E-state index contributed by atoms with van der Waals surface area (Å²) in [5.74, 6) is -0.779. The van der Waals surface area contributed by atoms with Crippen LogP contribution in [0.2, 0.25) is 0 Å². The second-order valence-electron chi connectivity index (χ2n) is 5.12. The van der Waals surface area contributed by atoms with E-state index in [4.69, 9.17) is 9.47 Å². The van der Waals surface area contributed by atoms with Gasteiger partial charge in [0.15, 0.2) is 0 Å². The third kappa shape index (κ3) is 3.23. The maximum atomic E-state index is 11.7. The van der Waals surface area contributed by atoms with Crippen molar-refractivity contribution < 1.29 is 19.1 Å². The molecule has 19 heavy (non-hydrogen) atoms. The van der Waals surface area contributed by atoms with E-state index >= 15 is 0 Å². The number of ether oxygens (including phenoxy) is 2. The Labute approximate surface area is 119 Å². The summed E-state index contributed by atoms with van der Waals surface area (Å²) in [6.45, 7) is 5.32. The highest BCUT2D eigenvalue weighted by Crippen LogP contribution is 2.31. The number of hydrogen-bond acceptors (Lipinski definition) is 4. The summed E-state index contributed by atoms with van der Waals surface area (Å²) in [6.07, 6.45) is 1.20. The van der Waals surface area contributed by atoms with E-state index < -0.39 is 17.5 Å². The van der Waals surface area contributed by atoms with Crippen molar-refractivity contribution in [1.29, 1.82) is 0 Å². The van der Waals surface area contributed by atoms with Crippen LogP contribution in [0.5, 0.6) is 0 Å². The van der Waals surface area contributed by atoms with Gasteiger partial charge in [0.05, 0.1) is 11.6 Å². The molecule has 0 amide bonds. The number of carbonyl (C=O) groups excluding carboxylic acids is 2. The first kappa shape index (κ1) is 13.8. The zero-order chi connectivity index (χ0) is 14.2. The third-order valence-electron chi connectivity index (χ3n) is 2.33. The van der Waals surface area contributed by atoms with Gasteiger partial charge >= 0.3 is 11.9 Å². The quantitative estimate of drug-likeness (QED) is 0.587. The molecule has 1 heterocycles. The van der Waals surface area contributed by atoms with Crippen molar-refractivity contribution in [3.8, 4) is 0 Å². The van der Waals surface area contributed by atoms with Crippen LogP contribution < -0.4 is 0 Å². The Balaban J connectivity index is 2.30. The van der Waals surface area contributed by atoms with Crippen LogP contribution in [0, 0.1) is 0 Å². The minimum absolute atomic E-state index is 0.224. The molecule has 4 nitrogen and oxygen atoms in total. The molecule has 0 aromatic heterocycles. The number of benzene rings is 1. The molecular weight excluding hydrogens is 312 g/mol. The molecule has 0 N–H and O–H groups in total. The lowest BCUT2D eigenvalue weighted by molar-refractivity contribution is -0.148. The smallest absolute Gasteiger partial charge is 0.344 e. The molecule has 5 heteroatoms. The van der Waals surface area contributed by atoms with E-state index in [0.717, 1.165) is 4.47 Å². The molecule has 0 unspecified atom stereocenters. The van der Waals surface area contributed by atoms with Crippen molar-refractivity contribution in [2.45, 2.75) is 26.4 Å². The number of rotatable bonds is 1. The highest BCUT2D eigenvalue weighted by atomic mass is 79.9. The van der Waals surface area contributed by atoms with E-state index in [1.54, 1.807) is 39.0 Å². The van der Waals surface area contributed by atoms with Crippen LogP contribution >= 0.6 is 15.9 Å². The lowest BCUT2D eigenvalue weighted by Gasteiger charge is -2.18. The standard InChI is InChI=1S/C14H13BrO4/c1-14(2,3)19-12(16)7-11-9-5-4-8(15)6-10(9)13(17)18-11/h4-7H,1-3H3/b11-7+. The zero-order valence-electron chi connectivity index (χ0n) is 10.8. The molecule has 100 valence electrons. The van der Waals surface area contributed by atoms with Crippen LogP contribution in [0.3, 0.4) is 0 Å². The average molecular weight is 325 g/mol. The van der Waals surface area contributed by atoms with Gasteiger partial charge in [-0.3, -0.25) is 0 Å². The maximum absolute atomic E-state index is 11.7. The molecule has 1 aromatic carbocycles. The Morgan fingerprint density at radius 1 is 1.32 bits per heavy atom. The van der Waals surface area contributed by atoms with Gasteiger partial charge in [-0.15, -0.1) is 0 Å². The Kier molecular flexibility index (Phi) is 3.49. The fourth-order valence-electron chi connectivity index (χ4n) is 1.66. The number of fused-ring (bicyclic) bond motifs is 1. The Hall–Kier alpha value is -1.62. The maximum Gasteiger partial charge on any atom is 0.344 e. The topological polar surface area (TPSA) is 52.6 Å². The predicted molar refractivity (Wildman–Crippen MR) is 73.4 cm³/mol. The lowest BCUT2D eigenvalue weighted by atomic mass is 10.1. The van der Waals surface area contributed by atoms with Gasteiger partial charge in [-0.2, -0.15) is 0 Å². The van der Waals surface area contributed by atoms with E-state index in [1.165, 1.54) is 6.08 Å². The van der Waals surface area contributed by atoms with Crippen molar-refractivity contribution in [3.63, 3.8) is 0 Å². The van der Waals surface area contributed by atoms with Gasteiger partial charge in [0, 0.05) is 10.0 Å². The monoisotopic (exact) mass is 324 g/mol. The van der Waals surface area contributed by atoms with Gasteiger partial charge in [0.2, 0.25) is 0 Å². The summed E-state index contributed by atoms with van der Waals surface area (Å²) >= 11 is 3.28. The molecule has 0 spiro atoms. The lowest BCUT2D eigenvalue weighted by Crippen LogP contribution is -2.22.